The number of benzene rings is 1. The van der Waals surface area contributed by atoms with E-state index in [4.69, 9.17) is 0 Å². The fourth-order valence-corrected chi connectivity index (χ4v) is 3.79. The monoisotopic (exact) mass is 366 g/mol. The summed E-state index contributed by atoms with van der Waals surface area (Å²) in [5.74, 6) is 0. The van der Waals surface area contributed by atoms with Gasteiger partial charge in [0.15, 0.2) is 0 Å². The summed E-state index contributed by atoms with van der Waals surface area (Å²) < 4.78 is 1.19. The lowest BCUT2D eigenvalue weighted by Gasteiger charge is -2.18. The molecule has 0 spiro atoms. The lowest BCUT2D eigenvalue weighted by Crippen LogP contribution is -2.33. The summed E-state index contributed by atoms with van der Waals surface area (Å²) in [6.07, 6.45) is 3.18. The van der Waals surface area contributed by atoms with Gasteiger partial charge in [-0.3, -0.25) is 0 Å². The van der Waals surface area contributed by atoms with Crippen molar-refractivity contribution in [3.8, 4) is 0 Å². The first kappa shape index (κ1) is 16.7. The van der Waals surface area contributed by atoms with Crippen molar-refractivity contribution in [1.29, 1.82) is 0 Å². The topological polar surface area (TPSA) is 24.9 Å². The highest BCUT2D eigenvalue weighted by Gasteiger charge is 2.14. The molecule has 0 saturated carbocycles. The number of rotatable bonds is 7. The number of aryl methyl sites for hydroxylation is 2. The normalized spacial score (nSPS) is 12.6. The van der Waals surface area contributed by atoms with Crippen LogP contribution in [0.1, 0.15) is 34.5 Å². The zero-order valence-electron chi connectivity index (χ0n) is 12.9. The molecule has 0 amide bonds. The quantitative estimate of drug-likeness (QED) is 0.769. The van der Waals surface area contributed by atoms with Crippen LogP contribution in [0, 0.1) is 13.8 Å². The number of halogens is 1. The van der Waals surface area contributed by atoms with Crippen molar-refractivity contribution in [3.63, 3.8) is 0 Å². The Hall–Kier alpha value is -0.710. The summed E-state index contributed by atoms with van der Waals surface area (Å²) in [6, 6.07) is 8.92. The molecule has 2 nitrogen and oxygen atoms in total. The second kappa shape index (κ2) is 8.06. The van der Waals surface area contributed by atoms with Gasteiger partial charge in [-0.25, -0.2) is 4.98 Å². The molecule has 1 atom stereocenters. The van der Waals surface area contributed by atoms with E-state index in [1.54, 1.807) is 0 Å². The van der Waals surface area contributed by atoms with Crippen molar-refractivity contribution in [3.05, 3.63) is 49.9 Å². The molecule has 1 aromatic carbocycles. The van der Waals surface area contributed by atoms with Gasteiger partial charge in [-0.05, 0) is 44.9 Å². The van der Waals surface area contributed by atoms with Crippen molar-refractivity contribution in [2.75, 3.05) is 6.54 Å². The molecule has 4 heteroatoms. The Morgan fingerprint density at radius 3 is 2.62 bits per heavy atom. The zero-order valence-corrected chi connectivity index (χ0v) is 15.4. The maximum Gasteiger partial charge on any atom is 0.0946 e. The van der Waals surface area contributed by atoms with Gasteiger partial charge < -0.3 is 5.32 Å². The summed E-state index contributed by atoms with van der Waals surface area (Å²) in [4.78, 5) is 6.02. The molecule has 2 aromatic rings. The Morgan fingerprint density at radius 1 is 1.24 bits per heavy atom. The van der Waals surface area contributed by atoms with Crippen LogP contribution in [-0.2, 0) is 12.8 Å². The van der Waals surface area contributed by atoms with Crippen LogP contribution in [0.25, 0.3) is 0 Å². The van der Waals surface area contributed by atoms with E-state index in [1.807, 2.05) is 11.3 Å². The lowest BCUT2D eigenvalue weighted by molar-refractivity contribution is 0.503. The number of hydrogen-bond acceptors (Lipinski definition) is 3. The van der Waals surface area contributed by atoms with E-state index in [9.17, 15) is 0 Å². The van der Waals surface area contributed by atoms with Gasteiger partial charge in [-0.2, -0.15) is 0 Å². The molecule has 1 heterocycles. The molecule has 1 aromatic heterocycles. The van der Waals surface area contributed by atoms with Gasteiger partial charge in [0, 0.05) is 21.8 Å². The number of nitrogens with one attached hydrogen (secondary N) is 1. The molecule has 0 aliphatic rings. The van der Waals surface area contributed by atoms with E-state index >= 15 is 0 Å². The number of nitrogens with zero attached hydrogens (tertiary/aromatic N) is 1. The molecule has 2 rings (SSSR count). The fraction of sp³-hybridized carbons (Fsp3) is 0.471. The molecule has 114 valence electrons. The Bertz CT molecular complexity index is 560. The maximum absolute atomic E-state index is 4.69. The first-order valence-electron chi connectivity index (χ1n) is 7.49. The van der Waals surface area contributed by atoms with Crippen molar-refractivity contribution in [1.82, 2.24) is 10.3 Å². The van der Waals surface area contributed by atoms with E-state index in [-0.39, 0.29) is 0 Å². The minimum absolute atomic E-state index is 0.439. The molecule has 21 heavy (non-hydrogen) atoms. The molecule has 0 aliphatic heterocycles. The van der Waals surface area contributed by atoms with Crippen LogP contribution in [0.3, 0.4) is 0 Å². The molecule has 1 N–H and O–H groups in total. The van der Waals surface area contributed by atoms with Crippen LogP contribution in [0.5, 0.6) is 0 Å². The Labute approximate surface area is 140 Å². The Morgan fingerprint density at radius 2 is 2.00 bits per heavy atom. The first-order chi connectivity index (χ1) is 10.1. The minimum atomic E-state index is 0.439. The van der Waals surface area contributed by atoms with Crippen molar-refractivity contribution in [2.24, 2.45) is 0 Å². The van der Waals surface area contributed by atoms with E-state index in [0.29, 0.717) is 6.04 Å². The smallest absolute Gasteiger partial charge is 0.0946 e. The molecular weight excluding hydrogens is 344 g/mol. The highest BCUT2D eigenvalue weighted by molar-refractivity contribution is 9.10. The summed E-state index contributed by atoms with van der Waals surface area (Å²) in [5.41, 5.74) is 2.53. The third kappa shape index (κ3) is 4.90. The van der Waals surface area contributed by atoms with E-state index < -0.39 is 0 Å². The number of aromatic nitrogens is 1. The van der Waals surface area contributed by atoms with E-state index in [1.165, 1.54) is 25.6 Å². The molecule has 1 unspecified atom stereocenters. The Balaban J connectivity index is 2.08. The van der Waals surface area contributed by atoms with Gasteiger partial charge in [0.25, 0.3) is 0 Å². The Kier molecular flexibility index (Phi) is 6.40. The first-order valence-corrected chi connectivity index (χ1v) is 9.10. The third-order valence-corrected chi connectivity index (χ3v) is 5.47. The van der Waals surface area contributed by atoms with Crippen LogP contribution < -0.4 is 5.32 Å². The van der Waals surface area contributed by atoms with Crippen LogP contribution >= 0.6 is 27.3 Å². The highest BCUT2D eigenvalue weighted by Crippen LogP contribution is 2.21. The summed E-state index contributed by atoms with van der Waals surface area (Å²) in [5, 5.41) is 4.91. The van der Waals surface area contributed by atoms with Crippen LogP contribution in [0.15, 0.2) is 28.7 Å². The predicted molar refractivity (Wildman–Crippen MR) is 95.2 cm³/mol. The van der Waals surface area contributed by atoms with Gasteiger partial charge in [0.2, 0.25) is 0 Å². The van der Waals surface area contributed by atoms with Gasteiger partial charge >= 0.3 is 0 Å². The second-order valence-electron chi connectivity index (χ2n) is 5.40. The van der Waals surface area contributed by atoms with Gasteiger partial charge in [0.1, 0.15) is 0 Å². The van der Waals surface area contributed by atoms with Crippen LogP contribution in [0.2, 0.25) is 0 Å². The maximum atomic E-state index is 4.69. The largest absolute Gasteiger partial charge is 0.313 e. The fourth-order valence-electron chi connectivity index (χ4n) is 2.33. The summed E-state index contributed by atoms with van der Waals surface area (Å²) >= 11 is 5.48. The van der Waals surface area contributed by atoms with Crippen molar-refractivity contribution >= 4 is 27.3 Å². The molecule has 0 fully saturated rings. The standard InChI is InChI=1S/C17H23BrN2S/c1-4-9-19-15(10-14-7-5-6-8-16(14)18)11-17-20-12(2)13(3)21-17/h5-8,15,19H,4,9-11H2,1-3H3. The van der Waals surface area contributed by atoms with Crippen LogP contribution in [0.4, 0.5) is 0 Å². The van der Waals surface area contributed by atoms with Gasteiger partial charge in [-0.1, -0.05) is 41.1 Å². The zero-order chi connectivity index (χ0) is 15.2. The van der Waals surface area contributed by atoms with E-state index in [2.05, 4.69) is 71.3 Å². The van der Waals surface area contributed by atoms with E-state index in [0.717, 1.165) is 25.8 Å². The predicted octanol–water partition coefficient (Wildman–Crippen LogP) is 4.68. The molecular formula is C17H23BrN2S. The molecule has 0 aliphatic carbocycles. The number of hydrogen-bond donors (Lipinski definition) is 1. The molecule has 0 bridgehead atoms. The van der Waals surface area contributed by atoms with Gasteiger partial charge in [-0.15, -0.1) is 11.3 Å². The van der Waals surface area contributed by atoms with Crippen molar-refractivity contribution < 1.29 is 0 Å². The third-order valence-electron chi connectivity index (χ3n) is 3.60. The molecule has 0 saturated heterocycles. The average molecular weight is 367 g/mol. The summed E-state index contributed by atoms with van der Waals surface area (Å²) in [6.45, 7) is 7.51. The van der Waals surface area contributed by atoms with Gasteiger partial charge in [0.05, 0.1) is 10.7 Å². The van der Waals surface area contributed by atoms with Crippen molar-refractivity contribution in [2.45, 2.75) is 46.1 Å². The molecule has 0 radical (unpaired) electrons. The lowest BCUT2D eigenvalue weighted by atomic mass is 10.0. The minimum Gasteiger partial charge on any atom is -0.313 e. The highest BCUT2D eigenvalue weighted by atomic mass is 79.9. The average Bonchev–Trinajstić information content (AvgIpc) is 2.77. The second-order valence-corrected chi connectivity index (χ2v) is 7.54. The van der Waals surface area contributed by atoms with Crippen LogP contribution in [-0.4, -0.2) is 17.6 Å². The number of thiazole rings is 1. The SMILES string of the molecule is CCCNC(Cc1nc(C)c(C)s1)Cc1ccccc1Br. The summed E-state index contributed by atoms with van der Waals surface area (Å²) in [7, 11) is 0.